The van der Waals surface area contributed by atoms with Crippen LogP contribution in [0, 0.1) is 0 Å². The normalized spacial score (nSPS) is 10.1. The lowest BCUT2D eigenvalue weighted by Crippen LogP contribution is -2.10. The predicted molar refractivity (Wildman–Crippen MR) is 59.2 cm³/mol. The van der Waals surface area contributed by atoms with Crippen molar-refractivity contribution in [2.75, 3.05) is 30.3 Å². The predicted octanol–water partition coefficient (Wildman–Crippen LogP) is 0.751. The first-order chi connectivity index (χ1) is 7.26. The highest BCUT2D eigenvalue weighted by atomic mass is 35.5. The molecule has 0 amide bonds. The van der Waals surface area contributed by atoms with Crippen molar-refractivity contribution < 1.29 is 5.11 Å². The average Bonchev–Trinajstić information content (AvgIpc) is 2.18. The Kier molecular flexibility index (Phi) is 5.06. The van der Waals surface area contributed by atoms with Crippen molar-refractivity contribution >= 4 is 23.5 Å². The molecule has 0 aliphatic rings. The maximum Gasteiger partial charge on any atom is 0.228 e. The monoisotopic (exact) mass is 231 g/mol. The van der Waals surface area contributed by atoms with Gasteiger partial charge in [-0.05, 0) is 24.9 Å². The Morgan fingerprint density at radius 1 is 1.20 bits per heavy atom. The molecular formula is C8H14ClN5O. The van der Waals surface area contributed by atoms with Crippen LogP contribution in [-0.2, 0) is 0 Å². The van der Waals surface area contributed by atoms with E-state index >= 15 is 0 Å². The lowest BCUT2D eigenvalue weighted by Gasteiger charge is -2.06. The summed E-state index contributed by atoms with van der Waals surface area (Å²) in [6.07, 6.45) is 0.639. The van der Waals surface area contributed by atoms with Gasteiger partial charge >= 0.3 is 0 Å². The summed E-state index contributed by atoms with van der Waals surface area (Å²) in [6, 6.07) is 0. The van der Waals surface area contributed by atoms with Crippen LogP contribution in [0.4, 0.5) is 11.9 Å². The third kappa shape index (κ3) is 4.26. The van der Waals surface area contributed by atoms with Crippen LogP contribution in [0.3, 0.4) is 0 Å². The van der Waals surface area contributed by atoms with Crippen LogP contribution in [0.1, 0.15) is 13.3 Å². The maximum absolute atomic E-state index is 8.61. The molecule has 0 radical (unpaired) electrons. The minimum Gasteiger partial charge on any atom is -0.396 e. The van der Waals surface area contributed by atoms with Gasteiger partial charge in [0.15, 0.2) is 0 Å². The van der Waals surface area contributed by atoms with Crippen LogP contribution < -0.4 is 10.6 Å². The molecule has 7 heteroatoms. The average molecular weight is 232 g/mol. The molecule has 0 fully saturated rings. The van der Waals surface area contributed by atoms with Gasteiger partial charge in [-0.25, -0.2) is 0 Å². The summed E-state index contributed by atoms with van der Waals surface area (Å²) >= 11 is 5.71. The van der Waals surface area contributed by atoms with Gasteiger partial charge in [-0.3, -0.25) is 0 Å². The summed E-state index contributed by atoms with van der Waals surface area (Å²) in [5.41, 5.74) is 0. The highest BCUT2D eigenvalue weighted by molar-refractivity contribution is 6.28. The van der Waals surface area contributed by atoms with Gasteiger partial charge in [0.1, 0.15) is 0 Å². The SMILES string of the molecule is CCNc1nc(Cl)nc(NCCCO)n1. The highest BCUT2D eigenvalue weighted by Crippen LogP contribution is 2.08. The van der Waals surface area contributed by atoms with E-state index in [1.54, 1.807) is 0 Å². The zero-order chi connectivity index (χ0) is 11.1. The van der Waals surface area contributed by atoms with E-state index in [0.717, 1.165) is 6.54 Å². The van der Waals surface area contributed by atoms with E-state index in [0.29, 0.717) is 24.9 Å². The Morgan fingerprint density at radius 3 is 2.47 bits per heavy atom. The Hall–Kier alpha value is -1.14. The summed E-state index contributed by atoms with van der Waals surface area (Å²) in [7, 11) is 0. The fourth-order valence-corrected chi connectivity index (χ4v) is 1.11. The van der Waals surface area contributed by atoms with Crippen LogP contribution in [0.15, 0.2) is 0 Å². The Bertz CT molecular complexity index is 309. The van der Waals surface area contributed by atoms with Crippen molar-refractivity contribution in [3.8, 4) is 0 Å². The molecule has 0 aromatic carbocycles. The van der Waals surface area contributed by atoms with Crippen LogP contribution in [0.5, 0.6) is 0 Å². The fraction of sp³-hybridized carbons (Fsp3) is 0.625. The van der Waals surface area contributed by atoms with Crippen molar-refractivity contribution in [3.05, 3.63) is 5.28 Å². The van der Waals surface area contributed by atoms with Crippen LogP contribution in [0.25, 0.3) is 0 Å². The smallest absolute Gasteiger partial charge is 0.228 e. The van der Waals surface area contributed by atoms with Gasteiger partial charge in [-0.1, -0.05) is 0 Å². The van der Waals surface area contributed by atoms with Crippen molar-refractivity contribution in [1.82, 2.24) is 15.0 Å². The second-order valence-electron chi connectivity index (χ2n) is 2.79. The van der Waals surface area contributed by atoms with E-state index in [1.807, 2.05) is 6.92 Å². The van der Waals surface area contributed by atoms with E-state index in [-0.39, 0.29) is 11.9 Å². The number of hydrogen-bond acceptors (Lipinski definition) is 6. The number of nitrogens with zero attached hydrogens (tertiary/aromatic N) is 3. The fourth-order valence-electron chi connectivity index (χ4n) is 0.946. The molecule has 1 aromatic rings. The molecular weight excluding hydrogens is 218 g/mol. The molecule has 0 spiro atoms. The molecule has 84 valence electrons. The largest absolute Gasteiger partial charge is 0.396 e. The van der Waals surface area contributed by atoms with Gasteiger partial charge in [-0.2, -0.15) is 15.0 Å². The van der Waals surface area contributed by atoms with Gasteiger partial charge < -0.3 is 15.7 Å². The lowest BCUT2D eigenvalue weighted by atomic mass is 10.4. The number of aromatic nitrogens is 3. The van der Waals surface area contributed by atoms with Gasteiger partial charge in [-0.15, -0.1) is 0 Å². The Balaban J connectivity index is 2.62. The van der Waals surface area contributed by atoms with Crippen molar-refractivity contribution in [3.63, 3.8) is 0 Å². The number of rotatable bonds is 6. The topological polar surface area (TPSA) is 83.0 Å². The van der Waals surface area contributed by atoms with E-state index < -0.39 is 0 Å². The third-order valence-corrected chi connectivity index (χ3v) is 1.73. The molecule has 0 unspecified atom stereocenters. The Morgan fingerprint density at radius 2 is 1.87 bits per heavy atom. The van der Waals surface area contributed by atoms with Gasteiger partial charge in [0.2, 0.25) is 17.2 Å². The molecule has 0 saturated heterocycles. The molecule has 0 aliphatic carbocycles. The van der Waals surface area contributed by atoms with Crippen LogP contribution in [0.2, 0.25) is 5.28 Å². The number of nitrogens with one attached hydrogen (secondary N) is 2. The first-order valence-corrected chi connectivity index (χ1v) is 5.14. The molecule has 6 nitrogen and oxygen atoms in total. The van der Waals surface area contributed by atoms with Gasteiger partial charge in [0, 0.05) is 19.7 Å². The number of anilines is 2. The molecule has 3 N–H and O–H groups in total. The summed E-state index contributed by atoms with van der Waals surface area (Å²) in [6.45, 7) is 3.39. The number of hydrogen-bond donors (Lipinski definition) is 3. The second kappa shape index (κ2) is 6.36. The number of aliphatic hydroxyl groups excluding tert-OH is 1. The summed E-state index contributed by atoms with van der Waals surface area (Å²) in [5.74, 6) is 0.864. The second-order valence-corrected chi connectivity index (χ2v) is 3.12. The van der Waals surface area contributed by atoms with Crippen molar-refractivity contribution in [2.45, 2.75) is 13.3 Å². The minimum atomic E-state index is 0.131. The number of halogens is 1. The number of aliphatic hydroxyl groups is 1. The minimum absolute atomic E-state index is 0.131. The van der Waals surface area contributed by atoms with Crippen LogP contribution >= 0.6 is 11.6 Å². The Labute approximate surface area is 93.1 Å². The van der Waals surface area contributed by atoms with Gasteiger partial charge in [0.25, 0.3) is 0 Å². The van der Waals surface area contributed by atoms with E-state index in [4.69, 9.17) is 16.7 Å². The van der Waals surface area contributed by atoms with Gasteiger partial charge in [0.05, 0.1) is 0 Å². The maximum atomic E-state index is 8.61. The summed E-state index contributed by atoms with van der Waals surface area (Å²) in [5, 5.41) is 14.6. The van der Waals surface area contributed by atoms with E-state index in [2.05, 4.69) is 25.6 Å². The molecule has 0 aliphatic heterocycles. The first-order valence-electron chi connectivity index (χ1n) is 4.76. The summed E-state index contributed by atoms with van der Waals surface area (Å²) < 4.78 is 0. The molecule has 1 aromatic heterocycles. The summed E-state index contributed by atoms with van der Waals surface area (Å²) in [4.78, 5) is 11.9. The molecule has 1 rings (SSSR count). The molecule has 15 heavy (non-hydrogen) atoms. The standard InChI is InChI=1S/C8H14ClN5O/c1-2-10-7-12-6(9)13-8(14-7)11-4-3-5-15/h15H,2-5H2,1H3,(H2,10,11,12,13,14). The molecule has 0 bridgehead atoms. The zero-order valence-corrected chi connectivity index (χ0v) is 9.25. The lowest BCUT2D eigenvalue weighted by molar-refractivity contribution is 0.292. The molecule has 0 saturated carbocycles. The van der Waals surface area contributed by atoms with Crippen LogP contribution in [-0.4, -0.2) is 39.8 Å². The third-order valence-electron chi connectivity index (χ3n) is 1.56. The van der Waals surface area contributed by atoms with Crippen molar-refractivity contribution in [2.24, 2.45) is 0 Å². The molecule has 1 heterocycles. The quantitative estimate of drug-likeness (QED) is 0.627. The molecule has 0 atom stereocenters. The van der Waals surface area contributed by atoms with E-state index in [9.17, 15) is 0 Å². The highest BCUT2D eigenvalue weighted by Gasteiger charge is 2.02. The van der Waals surface area contributed by atoms with Crippen molar-refractivity contribution in [1.29, 1.82) is 0 Å². The van der Waals surface area contributed by atoms with E-state index in [1.165, 1.54) is 0 Å². The zero-order valence-electron chi connectivity index (χ0n) is 8.50. The first kappa shape index (κ1) is 11.9.